The van der Waals surface area contributed by atoms with Gasteiger partial charge in [0.1, 0.15) is 0 Å². The first kappa shape index (κ1) is 12.9. The van der Waals surface area contributed by atoms with Gasteiger partial charge in [-0.2, -0.15) is 4.98 Å². The van der Waals surface area contributed by atoms with Gasteiger partial charge in [0, 0.05) is 5.69 Å². The molecular formula is C15H12BrN3O. The van der Waals surface area contributed by atoms with Crippen molar-refractivity contribution in [2.75, 3.05) is 12.4 Å². The fraction of sp³-hybridized carbons (Fsp3) is 0.0667. The molecule has 0 aliphatic rings. The van der Waals surface area contributed by atoms with Crippen LogP contribution >= 0.6 is 15.9 Å². The number of anilines is 2. The summed E-state index contributed by atoms with van der Waals surface area (Å²) in [6, 6.07) is 14.3. The zero-order valence-corrected chi connectivity index (χ0v) is 12.4. The van der Waals surface area contributed by atoms with Crippen LogP contribution in [0.15, 0.2) is 53.1 Å². The van der Waals surface area contributed by atoms with E-state index in [1.54, 1.807) is 13.3 Å². The molecule has 0 saturated heterocycles. The van der Waals surface area contributed by atoms with Crippen LogP contribution in [0.4, 0.5) is 11.6 Å². The lowest BCUT2D eigenvalue weighted by atomic mass is 10.1. The summed E-state index contributed by atoms with van der Waals surface area (Å²) in [6.45, 7) is 0. The molecule has 0 aliphatic carbocycles. The molecule has 0 fully saturated rings. The lowest BCUT2D eigenvalue weighted by Gasteiger charge is -2.08. The first-order chi connectivity index (χ1) is 9.76. The van der Waals surface area contributed by atoms with E-state index >= 15 is 0 Å². The Hall–Kier alpha value is -2.14. The van der Waals surface area contributed by atoms with Crippen LogP contribution in [0.5, 0.6) is 5.88 Å². The van der Waals surface area contributed by atoms with Crippen LogP contribution in [-0.2, 0) is 0 Å². The molecule has 20 heavy (non-hydrogen) atoms. The monoisotopic (exact) mass is 329 g/mol. The van der Waals surface area contributed by atoms with Gasteiger partial charge in [-0.05, 0) is 38.8 Å². The van der Waals surface area contributed by atoms with E-state index in [4.69, 9.17) is 4.74 Å². The van der Waals surface area contributed by atoms with Crippen molar-refractivity contribution in [1.29, 1.82) is 0 Å². The standard InChI is InChI=1S/C15H12BrN3O/c1-20-14-13(16)9-17-15(19-14)18-12-7-6-10-4-2-3-5-11(10)8-12/h2-9H,1H3,(H,17,18,19). The highest BCUT2D eigenvalue weighted by molar-refractivity contribution is 9.10. The zero-order valence-electron chi connectivity index (χ0n) is 10.8. The van der Waals surface area contributed by atoms with E-state index in [0.717, 1.165) is 10.2 Å². The lowest BCUT2D eigenvalue weighted by Crippen LogP contribution is -1.99. The second-order valence-electron chi connectivity index (χ2n) is 4.24. The van der Waals surface area contributed by atoms with Crippen molar-refractivity contribution < 1.29 is 4.74 Å². The minimum Gasteiger partial charge on any atom is -0.480 e. The average Bonchev–Trinajstić information content (AvgIpc) is 2.49. The Morgan fingerprint density at radius 2 is 1.90 bits per heavy atom. The Labute approximate surface area is 125 Å². The molecule has 0 amide bonds. The quantitative estimate of drug-likeness (QED) is 0.784. The van der Waals surface area contributed by atoms with Gasteiger partial charge in [-0.3, -0.25) is 0 Å². The molecule has 0 unspecified atom stereocenters. The van der Waals surface area contributed by atoms with Crippen LogP contribution in [0.1, 0.15) is 0 Å². The molecule has 0 aliphatic heterocycles. The van der Waals surface area contributed by atoms with Crippen LogP contribution in [0, 0.1) is 0 Å². The molecule has 0 atom stereocenters. The molecule has 1 aromatic heterocycles. The summed E-state index contributed by atoms with van der Waals surface area (Å²) in [7, 11) is 1.58. The maximum Gasteiger partial charge on any atom is 0.232 e. The molecule has 100 valence electrons. The predicted molar refractivity (Wildman–Crippen MR) is 83.5 cm³/mol. The topological polar surface area (TPSA) is 47.0 Å². The van der Waals surface area contributed by atoms with Gasteiger partial charge < -0.3 is 10.1 Å². The minimum absolute atomic E-state index is 0.500. The third-order valence-electron chi connectivity index (χ3n) is 2.91. The first-order valence-electron chi connectivity index (χ1n) is 6.08. The van der Waals surface area contributed by atoms with Gasteiger partial charge in [-0.15, -0.1) is 0 Å². The number of nitrogens with one attached hydrogen (secondary N) is 1. The van der Waals surface area contributed by atoms with Gasteiger partial charge in [-0.1, -0.05) is 30.3 Å². The highest BCUT2D eigenvalue weighted by Gasteiger charge is 2.05. The third-order valence-corrected chi connectivity index (χ3v) is 3.45. The summed E-state index contributed by atoms with van der Waals surface area (Å²) in [4.78, 5) is 8.49. The Kier molecular flexibility index (Phi) is 3.52. The second kappa shape index (κ2) is 5.46. The fourth-order valence-corrected chi connectivity index (χ4v) is 2.30. The highest BCUT2D eigenvalue weighted by Crippen LogP contribution is 2.25. The molecule has 3 aromatic rings. The van der Waals surface area contributed by atoms with E-state index in [1.807, 2.05) is 18.2 Å². The number of hydrogen-bond acceptors (Lipinski definition) is 4. The Morgan fingerprint density at radius 3 is 2.70 bits per heavy atom. The Morgan fingerprint density at radius 1 is 1.10 bits per heavy atom. The summed E-state index contributed by atoms with van der Waals surface area (Å²) >= 11 is 3.33. The van der Waals surface area contributed by atoms with Gasteiger partial charge in [0.05, 0.1) is 17.8 Å². The molecule has 4 nitrogen and oxygen atoms in total. The molecule has 0 spiro atoms. The van der Waals surface area contributed by atoms with E-state index in [0.29, 0.717) is 11.8 Å². The number of ether oxygens (including phenoxy) is 1. The van der Waals surface area contributed by atoms with E-state index in [2.05, 4.69) is 55.5 Å². The normalized spacial score (nSPS) is 10.5. The van der Waals surface area contributed by atoms with Crippen LogP contribution < -0.4 is 10.1 Å². The molecule has 3 rings (SSSR count). The first-order valence-corrected chi connectivity index (χ1v) is 6.88. The van der Waals surface area contributed by atoms with E-state index in [1.165, 1.54) is 10.8 Å². The summed E-state index contributed by atoms with van der Waals surface area (Å²) in [6.07, 6.45) is 1.66. The largest absolute Gasteiger partial charge is 0.480 e. The SMILES string of the molecule is COc1nc(Nc2ccc3ccccc3c2)ncc1Br. The van der Waals surface area contributed by atoms with Crippen LogP contribution in [0.2, 0.25) is 0 Å². The summed E-state index contributed by atoms with van der Waals surface area (Å²) in [5.41, 5.74) is 0.938. The van der Waals surface area contributed by atoms with E-state index in [9.17, 15) is 0 Å². The molecule has 0 radical (unpaired) electrons. The zero-order chi connectivity index (χ0) is 13.9. The summed E-state index contributed by atoms with van der Waals surface area (Å²) < 4.78 is 5.88. The molecule has 2 aromatic carbocycles. The van der Waals surface area contributed by atoms with Crippen molar-refractivity contribution >= 4 is 38.3 Å². The summed E-state index contributed by atoms with van der Waals surface area (Å²) in [5.74, 6) is 1.00. The molecule has 1 heterocycles. The molecule has 5 heteroatoms. The van der Waals surface area contributed by atoms with Gasteiger partial charge >= 0.3 is 0 Å². The number of benzene rings is 2. The van der Waals surface area contributed by atoms with Crippen molar-refractivity contribution in [2.45, 2.75) is 0 Å². The number of fused-ring (bicyclic) bond motifs is 1. The van der Waals surface area contributed by atoms with Crippen molar-refractivity contribution in [3.63, 3.8) is 0 Å². The Bertz CT molecular complexity index is 761. The molecule has 0 bridgehead atoms. The number of hydrogen-bond donors (Lipinski definition) is 1. The van der Waals surface area contributed by atoms with Gasteiger partial charge in [0.25, 0.3) is 0 Å². The Balaban J connectivity index is 1.92. The van der Waals surface area contributed by atoms with Crippen molar-refractivity contribution in [3.05, 3.63) is 53.1 Å². The molecule has 0 saturated carbocycles. The molecular weight excluding hydrogens is 318 g/mol. The second-order valence-corrected chi connectivity index (χ2v) is 5.09. The minimum atomic E-state index is 0.500. The maximum atomic E-state index is 5.16. The number of rotatable bonds is 3. The smallest absolute Gasteiger partial charge is 0.232 e. The van der Waals surface area contributed by atoms with Gasteiger partial charge in [0.2, 0.25) is 11.8 Å². The number of nitrogens with zero attached hydrogens (tertiary/aromatic N) is 2. The van der Waals surface area contributed by atoms with Crippen molar-refractivity contribution in [2.24, 2.45) is 0 Å². The highest BCUT2D eigenvalue weighted by atomic mass is 79.9. The third kappa shape index (κ3) is 2.58. The number of halogens is 1. The van der Waals surface area contributed by atoms with Crippen LogP contribution in [-0.4, -0.2) is 17.1 Å². The average molecular weight is 330 g/mol. The number of methoxy groups -OCH3 is 1. The van der Waals surface area contributed by atoms with Crippen LogP contribution in [0.3, 0.4) is 0 Å². The number of aromatic nitrogens is 2. The fourth-order valence-electron chi connectivity index (χ4n) is 1.95. The van der Waals surface area contributed by atoms with Crippen molar-refractivity contribution in [1.82, 2.24) is 9.97 Å². The molecule has 1 N–H and O–H groups in total. The van der Waals surface area contributed by atoms with Crippen molar-refractivity contribution in [3.8, 4) is 5.88 Å². The van der Waals surface area contributed by atoms with E-state index in [-0.39, 0.29) is 0 Å². The summed E-state index contributed by atoms with van der Waals surface area (Å²) in [5, 5.41) is 5.54. The van der Waals surface area contributed by atoms with Gasteiger partial charge in [0.15, 0.2) is 0 Å². The van der Waals surface area contributed by atoms with Gasteiger partial charge in [-0.25, -0.2) is 4.98 Å². The predicted octanol–water partition coefficient (Wildman–Crippen LogP) is 4.14. The van der Waals surface area contributed by atoms with Crippen LogP contribution in [0.25, 0.3) is 10.8 Å². The lowest BCUT2D eigenvalue weighted by molar-refractivity contribution is 0.394. The maximum absolute atomic E-state index is 5.16. The van der Waals surface area contributed by atoms with E-state index < -0.39 is 0 Å².